The highest BCUT2D eigenvalue weighted by molar-refractivity contribution is 6.37. The number of nitrogens with zero attached hydrogens (tertiary/aromatic N) is 1. The molecule has 0 saturated heterocycles. The third-order valence-corrected chi connectivity index (χ3v) is 4.81. The van der Waals surface area contributed by atoms with Crippen molar-refractivity contribution in [1.82, 2.24) is 9.97 Å². The number of carbonyl (C=O) groups is 1. The lowest BCUT2D eigenvalue weighted by molar-refractivity contribution is 0.102. The SMILES string of the molecule is COc1c(Cl)cc(C(=O)Nc2cccc(-c3nc4ccccc4[nH]3)c2)cc1Cl. The van der Waals surface area contributed by atoms with E-state index in [-0.39, 0.29) is 16.0 Å². The van der Waals surface area contributed by atoms with Crippen molar-refractivity contribution < 1.29 is 9.53 Å². The Morgan fingerprint density at radius 2 is 1.79 bits per heavy atom. The molecule has 0 spiro atoms. The van der Waals surface area contributed by atoms with Gasteiger partial charge in [-0.1, -0.05) is 47.5 Å². The molecule has 3 aromatic carbocycles. The summed E-state index contributed by atoms with van der Waals surface area (Å²) in [4.78, 5) is 20.5. The first-order valence-corrected chi connectivity index (χ1v) is 9.20. The van der Waals surface area contributed by atoms with Gasteiger partial charge in [-0.05, 0) is 36.4 Å². The number of hydrogen-bond acceptors (Lipinski definition) is 3. The fourth-order valence-corrected chi connectivity index (χ4v) is 3.56. The molecule has 0 aliphatic rings. The predicted molar refractivity (Wildman–Crippen MR) is 112 cm³/mol. The van der Waals surface area contributed by atoms with Gasteiger partial charge < -0.3 is 15.0 Å². The third-order valence-electron chi connectivity index (χ3n) is 4.25. The van der Waals surface area contributed by atoms with Crippen LogP contribution in [0.5, 0.6) is 5.75 Å². The molecular formula is C21H15Cl2N3O2. The summed E-state index contributed by atoms with van der Waals surface area (Å²) in [6.07, 6.45) is 0. The van der Waals surface area contributed by atoms with Gasteiger partial charge in [0.15, 0.2) is 5.75 Å². The molecule has 0 fully saturated rings. The van der Waals surface area contributed by atoms with Crippen molar-refractivity contribution in [3.05, 3.63) is 76.3 Å². The van der Waals surface area contributed by atoms with Crippen molar-refractivity contribution in [3.8, 4) is 17.1 Å². The second-order valence-electron chi connectivity index (χ2n) is 6.11. The molecule has 140 valence electrons. The van der Waals surface area contributed by atoms with Gasteiger partial charge in [-0.15, -0.1) is 0 Å². The molecule has 0 bridgehead atoms. The molecule has 0 atom stereocenters. The van der Waals surface area contributed by atoms with E-state index in [1.54, 1.807) is 6.07 Å². The summed E-state index contributed by atoms with van der Waals surface area (Å²) in [5, 5.41) is 3.40. The van der Waals surface area contributed by atoms with Gasteiger partial charge in [0.2, 0.25) is 0 Å². The number of halogens is 2. The molecule has 7 heteroatoms. The van der Waals surface area contributed by atoms with E-state index in [0.717, 1.165) is 22.4 Å². The molecule has 0 saturated carbocycles. The van der Waals surface area contributed by atoms with Crippen LogP contribution in [0.25, 0.3) is 22.4 Å². The van der Waals surface area contributed by atoms with E-state index < -0.39 is 0 Å². The van der Waals surface area contributed by atoms with E-state index >= 15 is 0 Å². The van der Waals surface area contributed by atoms with Crippen LogP contribution in [0.3, 0.4) is 0 Å². The zero-order valence-corrected chi connectivity index (χ0v) is 16.3. The molecule has 28 heavy (non-hydrogen) atoms. The summed E-state index contributed by atoms with van der Waals surface area (Å²) in [6, 6.07) is 18.3. The Bertz CT molecular complexity index is 1130. The van der Waals surface area contributed by atoms with Crippen molar-refractivity contribution in [2.75, 3.05) is 12.4 Å². The summed E-state index contributed by atoms with van der Waals surface area (Å²) in [6.45, 7) is 0. The van der Waals surface area contributed by atoms with Crippen molar-refractivity contribution in [1.29, 1.82) is 0 Å². The molecule has 1 amide bonds. The largest absolute Gasteiger partial charge is 0.494 e. The van der Waals surface area contributed by atoms with Crippen LogP contribution in [-0.2, 0) is 0 Å². The van der Waals surface area contributed by atoms with Crippen LogP contribution in [0.2, 0.25) is 10.0 Å². The maximum atomic E-state index is 12.6. The molecule has 5 nitrogen and oxygen atoms in total. The quantitative estimate of drug-likeness (QED) is 0.445. The average molecular weight is 412 g/mol. The van der Waals surface area contributed by atoms with Crippen LogP contribution >= 0.6 is 23.2 Å². The number of aromatic nitrogens is 2. The Kier molecular flexibility index (Phi) is 4.94. The van der Waals surface area contributed by atoms with E-state index in [2.05, 4.69) is 15.3 Å². The Balaban J connectivity index is 1.60. The third kappa shape index (κ3) is 3.54. The summed E-state index contributed by atoms with van der Waals surface area (Å²) < 4.78 is 5.11. The Hall–Kier alpha value is -3.02. The normalized spacial score (nSPS) is 10.8. The highest BCUT2D eigenvalue weighted by atomic mass is 35.5. The number of ether oxygens (including phenoxy) is 1. The van der Waals surface area contributed by atoms with Crippen molar-refractivity contribution in [2.24, 2.45) is 0 Å². The van der Waals surface area contributed by atoms with E-state index in [1.807, 2.05) is 42.5 Å². The van der Waals surface area contributed by atoms with Gasteiger partial charge in [-0.25, -0.2) is 4.98 Å². The lowest BCUT2D eigenvalue weighted by Crippen LogP contribution is -2.12. The first-order chi connectivity index (χ1) is 13.5. The minimum atomic E-state index is -0.326. The maximum Gasteiger partial charge on any atom is 0.255 e. The average Bonchev–Trinajstić information content (AvgIpc) is 3.12. The van der Waals surface area contributed by atoms with Gasteiger partial charge in [0.1, 0.15) is 5.82 Å². The number of para-hydroxylation sites is 2. The molecule has 1 aromatic heterocycles. The zero-order chi connectivity index (χ0) is 19.7. The number of anilines is 1. The number of hydrogen-bond donors (Lipinski definition) is 2. The van der Waals surface area contributed by atoms with Crippen molar-refractivity contribution in [2.45, 2.75) is 0 Å². The van der Waals surface area contributed by atoms with Crippen molar-refractivity contribution >= 4 is 45.8 Å². The predicted octanol–water partition coefficient (Wildman–Crippen LogP) is 5.80. The Morgan fingerprint density at radius 1 is 1.04 bits per heavy atom. The molecule has 4 rings (SSSR count). The van der Waals surface area contributed by atoms with E-state index in [9.17, 15) is 4.79 Å². The molecule has 4 aromatic rings. The number of aromatic amines is 1. The number of methoxy groups -OCH3 is 1. The number of benzene rings is 3. The molecular weight excluding hydrogens is 397 g/mol. The molecule has 0 aliphatic carbocycles. The fraction of sp³-hybridized carbons (Fsp3) is 0.0476. The molecule has 0 unspecified atom stereocenters. The second kappa shape index (κ2) is 7.54. The Morgan fingerprint density at radius 3 is 2.50 bits per heavy atom. The van der Waals surface area contributed by atoms with Crippen molar-refractivity contribution in [3.63, 3.8) is 0 Å². The van der Waals surface area contributed by atoms with Gasteiger partial charge in [0.25, 0.3) is 5.91 Å². The van der Waals surface area contributed by atoms with Gasteiger partial charge in [-0.2, -0.15) is 0 Å². The first kappa shape index (κ1) is 18.3. The number of nitrogens with one attached hydrogen (secondary N) is 2. The molecule has 0 radical (unpaired) electrons. The maximum absolute atomic E-state index is 12.6. The minimum Gasteiger partial charge on any atom is -0.494 e. The van der Waals surface area contributed by atoms with Gasteiger partial charge >= 0.3 is 0 Å². The number of H-pyrrole nitrogens is 1. The summed E-state index contributed by atoms with van der Waals surface area (Å²) in [7, 11) is 1.47. The van der Waals surface area contributed by atoms with Crippen LogP contribution in [0, 0.1) is 0 Å². The van der Waals surface area contributed by atoms with Gasteiger partial charge in [-0.3, -0.25) is 4.79 Å². The summed E-state index contributed by atoms with van der Waals surface area (Å²) in [5.74, 6) is 0.743. The molecule has 0 aliphatic heterocycles. The fourth-order valence-electron chi connectivity index (χ4n) is 2.92. The highest BCUT2D eigenvalue weighted by Gasteiger charge is 2.14. The smallest absolute Gasteiger partial charge is 0.255 e. The lowest BCUT2D eigenvalue weighted by atomic mass is 10.1. The zero-order valence-electron chi connectivity index (χ0n) is 14.8. The van der Waals surface area contributed by atoms with Crippen LogP contribution in [0.15, 0.2) is 60.7 Å². The van der Waals surface area contributed by atoms with Crippen LogP contribution in [0.1, 0.15) is 10.4 Å². The van der Waals surface area contributed by atoms with E-state index in [1.165, 1.54) is 19.2 Å². The topological polar surface area (TPSA) is 67.0 Å². The Labute approximate surface area is 171 Å². The summed E-state index contributed by atoms with van der Waals surface area (Å²) >= 11 is 12.2. The van der Waals surface area contributed by atoms with Crippen LogP contribution < -0.4 is 10.1 Å². The highest BCUT2D eigenvalue weighted by Crippen LogP contribution is 2.34. The van der Waals surface area contributed by atoms with Crippen LogP contribution in [0.4, 0.5) is 5.69 Å². The minimum absolute atomic E-state index is 0.274. The van der Waals surface area contributed by atoms with Gasteiger partial charge in [0, 0.05) is 16.8 Å². The van der Waals surface area contributed by atoms with E-state index in [4.69, 9.17) is 27.9 Å². The van der Waals surface area contributed by atoms with Gasteiger partial charge in [0.05, 0.1) is 28.2 Å². The first-order valence-electron chi connectivity index (χ1n) is 8.45. The number of rotatable bonds is 4. The summed E-state index contributed by atoms with van der Waals surface area (Å²) in [5.41, 5.74) is 3.67. The number of carbonyl (C=O) groups excluding carboxylic acids is 1. The monoisotopic (exact) mass is 411 g/mol. The van der Waals surface area contributed by atoms with E-state index in [0.29, 0.717) is 17.0 Å². The number of amides is 1. The lowest BCUT2D eigenvalue weighted by Gasteiger charge is -2.10. The molecule has 1 heterocycles. The molecule has 2 N–H and O–H groups in total. The number of fused-ring (bicyclic) bond motifs is 1. The second-order valence-corrected chi connectivity index (χ2v) is 6.93. The number of imidazole rings is 1. The standard InChI is InChI=1S/C21H15Cl2N3O2/c1-28-19-15(22)10-13(11-16(19)23)21(27)24-14-6-4-5-12(9-14)20-25-17-7-2-3-8-18(17)26-20/h2-11H,1H3,(H,24,27)(H,25,26). The van der Waals surface area contributed by atoms with Crippen LogP contribution in [-0.4, -0.2) is 23.0 Å².